The van der Waals surface area contributed by atoms with Gasteiger partial charge in [-0.15, -0.1) is 0 Å². The molecule has 2 aromatic heterocycles. The molecule has 1 amide bonds. The second-order valence-corrected chi connectivity index (χ2v) is 8.05. The van der Waals surface area contributed by atoms with Gasteiger partial charge in [0.25, 0.3) is 5.91 Å². The van der Waals surface area contributed by atoms with Gasteiger partial charge in [-0.3, -0.25) is 9.78 Å². The number of nitrogens with one attached hydrogen (secondary N) is 1. The summed E-state index contributed by atoms with van der Waals surface area (Å²) in [7, 11) is 0. The lowest BCUT2D eigenvalue weighted by Crippen LogP contribution is -2.24. The van der Waals surface area contributed by atoms with Crippen LogP contribution in [0.5, 0.6) is 0 Å². The lowest BCUT2D eigenvalue weighted by Gasteiger charge is -2.16. The number of benzene rings is 2. The molecule has 0 saturated carbocycles. The summed E-state index contributed by atoms with van der Waals surface area (Å²) in [5.41, 5.74) is 6.35. The van der Waals surface area contributed by atoms with Crippen molar-refractivity contribution < 1.29 is 4.79 Å². The Bertz CT molecular complexity index is 1160. The fourth-order valence-electron chi connectivity index (χ4n) is 4.03. The molecular weight excluding hydrogens is 370 g/mol. The van der Waals surface area contributed by atoms with E-state index in [4.69, 9.17) is 0 Å². The van der Waals surface area contributed by atoms with Gasteiger partial charge in [0.2, 0.25) is 0 Å². The van der Waals surface area contributed by atoms with Gasteiger partial charge in [-0.2, -0.15) is 0 Å². The highest BCUT2D eigenvalue weighted by Gasteiger charge is 2.24. The molecule has 0 saturated heterocycles. The first-order valence-corrected chi connectivity index (χ1v) is 10.4. The maximum atomic E-state index is 13.4. The number of fused-ring (bicyclic) bond motifs is 1. The van der Waals surface area contributed by atoms with Crippen LogP contribution >= 0.6 is 0 Å². The highest BCUT2D eigenvalue weighted by atomic mass is 16.1. The molecule has 1 N–H and O–H groups in total. The van der Waals surface area contributed by atoms with E-state index >= 15 is 0 Å². The number of amides is 1. The van der Waals surface area contributed by atoms with Gasteiger partial charge in [0.05, 0.1) is 5.56 Å². The molecule has 4 heteroatoms. The van der Waals surface area contributed by atoms with Crippen molar-refractivity contribution in [3.05, 3.63) is 101 Å². The van der Waals surface area contributed by atoms with Gasteiger partial charge in [-0.25, -0.2) is 0 Å². The van der Waals surface area contributed by atoms with Crippen molar-refractivity contribution in [2.75, 3.05) is 0 Å². The molecule has 0 spiro atoms. The quantitative estimate of drug-likeness (QED) is 0.470. The molecule has 4 rings (SSSR count). The summed E-state index contributed by atoms with van der Waals surface area (Å²) in [6, 6.07) is 20.6. The van der Waals surface area contributed by atoms with Gasteiger partial charge >= 0.3 is 0 Å². The number of hydrogen-bond donors (Lipinski definition) is 1. The molecule has 4 aromatic rings. The molecular formula is C26H27N3O. The fraction of sp³-hybridized carbons (Fsp3) is 0.231. The summed E-state index contributed by atoms with van der Waals surface area (Å²) in [5, 5.41) is 4.11. The zero-order valence-corrected chi connectivity index (χ0v) is 17.7. The molecule has 0 aliphatic carbocycles. The smallest absolute Gasteiger partial charge is 0.254 e. The van der Waals surface area contributed by atoms with Gasteiger partial charge in [0.1, 0.15) is 0 Å². The van der Waals surface area contributed by atoms with E-state index in [-0.39, 0.29) is 11.8 Å². The first-order chi connectivity index (χ1) is 14.5. The topological polar surface area (TPSA) is 46.9 Å². The van der Waals surface area contributed by atoms with Gasteiger partial charge in [0, 0.05) is 42.1 Å². The van der Waals surface area contributed by atoms with Crippen molar-refractivity contribution in [1.82, 2.24) is 14.9 Å². The van der Waals surface area contributed by atoms with E-state index in [9.17, 15) is 4.79 Å². The molecule has 2 heterocycles. The maximum Gasteiger partial charge on any atom is 0.254 e. The highest BCUT2D eigenvalue weighted by Crippen LogP contribution is 2.33. The SMILES string of the molecule is Cc1ccc2c(C(=O)NCc3cccnc3)c(C(C)C)n(Cc3ccccc3)c2c1. The van der Waals surface area contributed by atoms with Gasteiger partial charge in [-0.05, 0) is 41.7 Å². The van der Waals surface area contributed by atoms with Crippen LogP contribution in [0.1, 0.15) is 52.5 Å². The Morgan fingerprint density at radius 1 is 1.03 bits per heavy atom. The standard InChI is InChI=1S/C26H27N3O/c1-18(2)25-24(26(30)28-16-21-10-7-13-27-15-21)22-12-11-19(3)14-23(22)29(25)17-20-8-5-4-6-9-20/h4-15,18H,16-17H2,1-3H3,(H,28,30). The minimum absolute atomic E-state index is 0.0387. The zero-order valence-electron chi connectivity index (χ0n) is 17.7. The van der Waals surface area contributed by atoms with Crippen LogP contribution in [0.15, 0.2) is 73.1 Å². The molecule has 30 heavy (non-hydrogen) atoms. The molecule has 4 nitrogen and oxygen atoms in total. The van der Waals surface area contributed by atoms with E-state index in [1.54, 1.807) is 12.4 Å². The third kappa shape index (κ3) is 3.99. The van der Waals surface area contributed by atoms with Crippen LogP contribution in [0, 0.1) is 6.92 Å². The summed E-state index contributed by atoms with van der Waals surface area (Å²) >= 11 is 0. The Morgan fingerprint density at radius 2 is 1.80 bits per heavy atom. The molecule has 0 unspecified atom stereocenters. The summed E-state index contributed by atoms with van der Waals surface area (Å²) in [4.78, 5) is 17.5. The minimum Gasteiger partial charge on any atom is -0.348 e. The summed E-state index contributed by atoms with van der Waals surface area (Å²) in [5.74, 6) is 0.170. The zero-order chi connectivity index (χ0) is 21.1. The van der Waals surface area contributed by atoms with E-state index in [1.807, 2.05) is 18.2 Å². The average molecular weight is 398 g/mol. The van der Waals surface area contributed by atoms with Gasteiger partial charge in [0.15, 0.2) is 0 Å². The van der Waals surface area contributed by atoms with Crippen LogP contribution < -0.4 is 5.32 Å². The number of carbonyl (C=O) groups excluding carboxylic acids is 1. The lowest BCUT2D eigenvalue weighted by molar-refractivity contribution is 0.0951. The third-order valence-electron chi connectivity index (χ3n) is 5.39. The molecule has 0 aliphatic heterocycles. The lowest BCUT2D eigenvalue weighted by atomic mass is 10.0. The second-order valence-electron chi connectivity index (χ2n) is 8.05. The van der Waals surface area contributed by atoms with Crippen molar-refractivity contribution in [3.63, 3.8) is 0 Å². The predicted molar refractivity (Wildman–Crippen MR) is 122 cm³/mol. The number of pyridine rings is 1. The number of aromatic nitrogens is 2. The normalized spacial score (nSPS) is 11.2. The van der Waals surface area contributed by atoms with E-state index < -0.39 is 0 Å². The van der Waals surface area contributed by atoms with Crippen LogP contribution in [-0.2, 0) is 13.1 Å². The average Bonchev–Trinajstić information content (AvgIpc) is 3.07. The molecule has 0 fully saturated rings. The molecule has 152 valence electrons. The van der Waals surface area contributed by atoms with Crippen LogP contribution in [0.3, 0.4) is 0 Å². The summed E-state index contributed by atoms with van der Waals surface area (Å²) in [6.45, 7) is 7.60. The number of hydrogen-bond acceptors (Lipinski definition) is 2. The van der Waals surface area contributed by atoms with Crippen LogP contribution in [0.4, 0.5) is 0 Å². The van der Waals surface area contributed by atoms with Crippen LogP contribution in [-0.4, -0.2) is 15.5 Å². The Labute approximate surface area is 177 Å². The maximum absolute atomic E-state index is 13.4. The highest BCUT2D eigenvalue weighted by molar-refractivity contribution is 6.08. The Hall–Kier alpha value is -3.40. The van der Waals surface area contributed by atoms with Crippen molar-refractivity contribution in [1.29, 1.82) is 0 Å². The number of aryl methyl sites for hydroxylation is 1. The summed E-state index contributed by atoms with van der Waals surface area (Å²) < 4.78 is 2.31. The van der Waals surface area contributed by atoms with Crippen molar-refractivity contribution in [2.45, 2.75) is 39.8 Å². The van der Waals surface area contributed by atoms with Crippen LogP contribution in [0.2, 0.25) is 0 Å². The first-order valence-electron chi connectivity index (χ1n) is 10.4. The number of nitrogens with zero attached hydrogens (tertiary/aromatic N) is 2. The minimum atomic E-state index is -0.0387. The molecule has 0 radical (unpaired) electrons. The van der Waals surface area contributed by atoms with Crippen molar-refractivity contribution in [2.24, 2.45) is 0 Å². The van der Waals surface area contributed by atoms with E-state index in [0.29, 0.717) is 6.54 Å². The predicted octanol–water partition coefficient (Wildman–Crippen LogP) is 5.45. The van der Waals surface area contributed by atoms with Gasteiger partial charge in [-0.1, -0.05) is 62.4 Å². The molecule has 2 aromatic carbocycles. The van der Waals surface area contributed by atoms with E-state index in [2.05, 4.69) is 78.1 Å². The largest absolute Gasteiger partial charge is 0.348 e. The monoisotopic (exact) mass is 397 g/mol. The Morgan fingerprint density at radius 3 is 2.50 bits per heavy atom. The van der Waals surface area contributed by atoms with E-state index in [0.717, 1.165) is 34.3 Å². The third-order valence-corrected chi connectivity index (χ3v) is 5.39. The van der Waals surface area contributed by atoms with Crippen molar-refractivity contribution in [3.8, 4) is 0 Å². The second kappa shape index (κ2) is 8.54. The number of carbonyl (C=O) groups is 1. The van der Waals surface area contributed by atoms with E-state index in [1.165, 1.54) is 11.1 Å². The van der Waals surface area contributed by atoms with Gasteiger partial charge < -0.3 is 9.88 Å². The molecule has 0 bridgehead atoms. The van der Waals surface area contributed by atoms with Crippen molar-refractivity contribution >= 4 is 16.8 Å². The van der Waals surface area contributed by atoms with Crippen LogP contribution in [0.25, 0.3) is 10.9 Å². The Balaban J connectivity index is 1.80. The molecule has 0 atom stereocenters. The first kappa shape index (κ1) is 19.9. The Kier molecular flexibility index (Phi) is 5.66. The summed E-state index contributed by atoms with van der Waals surface area (Å²) in [6.07, 6.45) is 3.52. The molecule has 0 aliphatic rings. The fourth-order valence-corrected chi connectivity index (χ4v) is 4.03. The number of rotatable bonds is 6.